The van der Waals surface area contributed by atoms with Crippen molar-refractivity contribution in [2.75, 3.05) is 53.6 Å². The van der Waals surface area contributed by atoms with E-state index in [0.717, 1.165) is 39.3 Å². The molecular formula is C16H24N2O4. The summed E-state index contributed by atoms with van der Waals surface area (Å²) in [6, 6.07) is 5.20. The van der Waals surface area contributed by atoms with Crippen LogP contribution in [-0.4, -0.2) is 64.4 Å². The highest BCUT2D eigenvalue weighted by Crippen LogP contribution is 2.23. The van der Waals surface area contributed by atoms with Crippen LogP contribution in [0.3, 0.4) is 0 Å². The predicted molar refractivity (Wildman–Crippen MR) is 83.8 cm³/mol. The van der Waals surface area contributed by atoms with Gasteiger partial charge in [-0.05, 0) is 31.2 Å². The van der Waals surface area contributed by atoms with Crippen LogP contribution in [0.1, 0.15) is 16.8 Å². The number of rotatable bonds is 7. The molecular weight excluding hydrogens is 284 g/mol. The molecule has 0 spiro atoms. The Balaban J connectivity index is 1.81. The second-order valence-corrected chi connectivity index (χ2v) is 5.13. The molecule has 1 heterocycles. The van der Waals surface area contributed by atoms with E-state index in [1.54, 1.807) is 32.4 Å². The molecule has 0 aliphatic carbocycles. The van der Waals surface area contributed by atoms with E-state index in [2.05, 4.69) is 10.2 Å². The number of methoxy groups -OCH3 is 2. The van der Waals surface area contributed by atoms with Crippen molar-refractivity contribution in [3.05, 3.63) is 23.8 Å². The van der Waals surface area contributed by atoms with Crippen LogP contribution in [0, 0.1) is 0 Å². The molecule has 1 aliphatic heterocycles. The van der Waals surface area contributed by atoms with Gasteiger partial charge in [0.25, 0.3) is 5.91 Å². The molecule has 0 aromatic heterocycles. The minimum atomic E-state index is -0.141. The number of carbonyl (C=O) groups is 1. The van der Waals surface area contributed by atoms with E-state index in [9.17, 15) is 4.79 Å². The maximum absolute atomic E-state index is 12.3. The number of ether oxygens (including phenoxy) is 3. The van der Waals surface area contributed by atoms with E-state index >= 15 is 0 Å². The van der Waals surface area contributed by atoms with Crippen molar-refractivity contribution in [1.82, 2.24) is 10.2 Å². The minimum Gasteiger partial charge on any atom is -0.497 e. The molecule has 1 fully saturated rings. The number of morpholine rings is 1. The summed E-state index contributed by atoms with van der Waals surface area (Å²) in [5.74, 6) is 1.04. The van der Waals surface area contributed by atoms with Gasteiger partial charge in [0.2, 0.25) is 0 Å². The Labute approximate surface area is 131 Å². The molecule has 0 radical (unpaired) electrons. The lowest BCUT2D eigenvalue weighted by Crippen LogP contribution is -2.38. The molecule has 1 amide bonds. The Bertz CT molecular complexity index is 487. The summed E-state index contributed by atoms with van der Waals surface area (Å²) in [5.41, 5.74) is 0.494. The summed E-state index contributed by atoms with van der Waals surface area (Å²) in [6.45, 7) is 5.14. The predicted octanol–water partition coefficient (Wildman–Crippen LogP) is 1.16. The van der Waals surface area contributed by atoms with Crippen molar-refractivity contribution in [2.24, 2.45) is 0 Å². The quantitative estimate of drug-likeness (QED) is 0.766. The summed E-state index contributed by atoms with van der Waals surface area (Å²) < 4.78 is 15.7. The molecule has 1 aromatic rings. The maximum atomic E-state index is 12.3. The van der Waals surface area contributed by atoms with Gasteiger partial charge < -0.3 is 19.5 Å². The fraction of sp³-hybridized carbons (Fsp3) is 0.562. The van der Waals surface area contributed by atoms with Crippen LogP contribution in [0.25, 0.3) is 0 Å². The van der Waals surface area contributed by atoms with Crippen LogP contribution in [-0.2, 0) is 4.74 Å². The SMILES string of the molecule is COc1ccc(OC)c(C(=O)NCCCN2CCOCC2)c1. The molecule has 1 N–H and O–H groups in total. The number of nitrogens with one attached hydrogen (secondary N) is 1. The molecule has 2 rings (SSSR count). The molecule has 6 heteroatoms. The monoisotopic (exact) mass is 308 g/mol. The summed E-state index contributed by atoms with van der Waals surface area (Å²) in [4.78, 5) is 14.6. The van der Waals surface area contributed by atoms with Crippen molar-refractivity contribution in [1.29, 1.82) is 0 Å². The van der Waals surface area contributed by atoms with Gasteiger partial charge in [-0.1, -0.05) is 0 Å². The van der Waals surface area contributed by atoms with Gasteiger partial charge in [-0.2, -0.15) is 0 Å². The number of hydrogen-bond acceptors (Lipinski definition) is 5. The van der Waals surface area contributed by atoms with Crippen molar-refractivity contribution in [3.63, 3.8) is 0 Å². The van der Waals surface area contributed by atoms with Gasteiger partial charge in [-0.15, -0.1) is 0 Å². The summed E-state index contributed by atoms with van der Waals surface area (Å²) in [7, 11) is 3.13. The van der Waals surface area contributed by atoms with Gasteiger partial charge in [0.05, 0.1) is 33.0 Å². The van der Waals surface area contributed by atoms with Gasteiger partial charge in [-0.3, -0.25) is 9.69 Å². The van der Waals surface area contributed by atoms with Crippen LogP contribution in [0.2, 0.25) is 0 Å². The lowest BCUT2D eigenvalue weighted by atomic mass is 10.1. The van der Waals surface area contributed by atoms with Gasteiger partial charge in [0.1, 0.15) is 11.5 Å². The lowest BCUT2D eigenvalue weighted by molar-refractivity contribution is 0.0374. The molecule has 0 bridgehead atoms. The number of hydrogen-bond donors (Lipinski definition) is 1. The van der Waals surface area contributed by atoms with Crippen LogP contribution in [0.5, 0.6) is 11.5 Å². The fourth-order valence-corrected chi connectivity index (χ4v) is 2.42. The normalized spacial score (nSPS) is 15.4. The highest BCUT2D eigenvalue weighted by molar-refractivity contribution is 5.97. The zero-order chi connectivity index (χ0) is 15.8. The zero-order valence-electron chi connectivity index (χ0n) is 13.3. The molecule has 0 atom stereocenters. The first kappa shape index (κ1) is 16.6. The number of carbonyl (C=O) groups excluding carboxylic acids is 1. The Kier molecular flexibility index (Phi) is 6.48. The molecule has 1 aromatic carbocycles. The highest BCUT2D eigenvalue weighted by atomic mass is 16.5. The Morgan fingerprint density at radius 3 is 2.73 bits per heavy atom. The van der Waals surface area contributed by atoms with Crippen LogP contribution in [0.4, 0.5) is 0 Å². The minimum absolute atomic E-state index is 0.141. The molecule has 0 saturated carbocycles. The zero-order valence-corrected chi connectivity index (χ0v) is 13.3. The van der Waals surface area contributed by atoms with Crippen molar-refractivity contribution < 1.29 is 19.0 Å². The van der Waals surface area contributed by atoms with Crippen LogP contribution < -0.4 is 14.8 Å². The third-order valence-corrected chi connectivity index (χ3v) is 3.69. The van der Waals surface area contributed by atoms with E-state index in [0.29, 0.717) is 23.6 Å². The van der Waals surface area contributed by atoms with Gasteiger partial charge >= 0.3 is 0 Å². The number of benzene rings is 1. The van der Waals surface area contributed by atoms with E-state index < -0.39 is 0 Å². The standard InChI is InChI=1S/C16H24N2O4/c1-20-13-4-5-15(21-2)14(12-13)16(19)17-6-3-7-18-8-10-22-11-9-18/h4-5,12H,3,6-11H2,1-2H3,(H,17,19). The first-order valence-corrected chi connectivity index (χ1v) is 7.55. The largest absolute Gasteiger partial charge is 0.497 e. The second-order valence-electron chi connectivity index (χ2n) is 5.13. The Hall–Kier alpha value is -1.79. The number of nitrogens with zero attached hydrogens (tertiary/aromatic N) is 1. The van der Waals surface area contributed by atoms with Gasteiger partial charge in [0.15, 0.2) is 0 Å². The summed E-state index contributed by atoms with van der Waals surface area (Å²) in [5, 5.41) is 2.93. The molecule has 0 unspecified atom stereocenters. The average molecular weight is 308 g/mol. The van der Waals surface area contributed by atoms with E-state index in [-0.39, 0.29) is 5.91 Å². The van der Waals surface area contributed by atoms with Crippen LogP contribution in [0.15, 0.2) is 18.2 Å². The van der Waals surface area contributed by atoms with Gasteiger partial charge in [-0.25, -0.2) is 0 Å². The smallest absolute Gasteiger partial charge is 0.255 e. The van der Waals surface area contributed by atoms with E-state index in [1.165, 1.54) is 0 Å². The van der Waals surface area contributed by atoms with Gasteiger partial charge in [0, 0.05) is 19.6 Å². The van der Waals surface area contributed by atoms with E-state index in [1.807, 2.05) is 0 Å². The third-order valence-electron chi connectivity index (χ3n) is 3.69. The fourth-order valence-electron chi connectivity index (χ4n) is 2.42. The van der Waals surface area contributed by atoms with Crippen molar-refractivity contribution in [3.8, 4) is 11.5 Å². The topological polar surface area (TPSA) is 60.0 Å². The average Bonchev–Trinajstić information content (AvgIpc) is 2.58. The first-order chi connectivity index (χ1) is 10.7. The van der Waals surface area contributed by atoms with E-state index in [4.69, 9.17) is 14.2 Å². The molecule has 1 aliphatic rings. The van der Waals surface area contributed by atoms with Crippen molar-refractivity contribution in [2.45, 2.75) is 6.42 Å². The molecule has 6 nitrogen and oxygen atoms in total. The molecule has 122 valence electrons. The van der Waals surface area contributed by atoms with Crippen molar-refractivity contribution >= 4 is 5.91 Å². The number of amides is 1. The summed E-state index contributed by atoms with van der Waals surface area (Å²) >= 11 is 0. The summed E-state index contributed by atoms with van der Waals surface area (Å²) in [6.07, 6.45) is 0.915. The Morgan fingerprint density at radius 1 is 1.27 bits per heavy atom. The molecule has 1 saturated heterocycles. The second kappa shape index (κ2) is 8.60. The Morgan fingerprint density at radius 2 is 2.05 bits per heavy atom. The highest BCUT2D eigenvalue weighted by Gasteiger charge is 2.14. The molecule has 22 heavy (non-hydrogen) atoms. The first-order valence-electron chi connectivity index (χ1n) is 7.55. The lowest BCUT2D eigenvalue weighted by Gasteiger charge is -2.26. The maximum Gasteiger partial charge on any atom is 0.255 e. The van der Waals surface area contributed by atoms with Crippen LogP contribution >= 0.6 is 0 Å². The third kappa shape index (κ3) is 4.61.